The summed E-state index contributed by atoms with van der Waals surface area (Å²) in [7, 11) is 0. The molecule has 2 aromatic carbocycles. The predicted octanol–water partition coefficient (Wildman–Crippen LogP) is 2.02. The van der Waals surface area contributed by atoms with Crippen LogP contribution in [0.4, 0.5) is 0 Å². The number of fused-ring (bicyclic) bond motifs is 1. The second-order valence-corrected chi connectivity index (χ2v) is 8.08. The molecule has 0 aliphatic carbocycles. The largest absolute Gasteiger partial charge is 0.493 e. The van der Waals surface area contributed by atoms with E-state index in [0.717, 1.165) is 41.7 Å². The third kappa shape index (κ3) is 7.98. The number of aliphatic hydroxyl groups excluding tert-OH is 1. The molecule has 1 heterocycles. The lowest BCUT2D eigenvalue weighted by Crippen LogP contribution is -2.37. The molecule has 7 nitrogen and oxygen atoms in total. The first-order valence-corrected chi connectivity index (χ1v) is 11.3. The Morgan fingerprint density at radius 3 is 2.72 bits per heavy atom. The monoisotopic (exact) mass is 439 g/mol. The fourth-order valence-corrected chi connectivity index (χ4v) is 3.77. The molecule has 2 aromatic rings. The van der Waals surface area contributed by atoms with Crippen LogP contribution in [0.5, 0.6) is 5.75 Å². The number of hydrogen-bond donors (Lipinski definition) is 3. The summed E-state index contributed by atoms with van der Waals surface area (Å²) in [4.78, 5) is 26.8. The van der Waals surface area contributed by atoms with Gasteiger partial charge in [-0.05, 0) is 36.5 Å². The summed E-state index contributed by atoms with van der Waals surface area (Å²) in [5.41, 5.74) is 2.96. The van der Waals surface area contributed by atoms with Gasteiger partial charge in [0.05, 0.1) is 26.2 Å². The van der Waals surface area contributed by atoms with Crippen LogP contribution in [-0.2, 0) is 29.1 Å². The SMILES string of the molecule is O=C(Cc1ccc2c(c1)CN(Cc1ccccc1)CC(=O)NCCCCCO2)NCCO. The Kier molecular flexibility index (Phi) is 9.53. The van der Waals surface area contributed by atoms with Gasteiger partial charge in [0.2, 0.25) is 11.8 Å². The lowest BCUT2D eigenvalue weighted by molar-refractivity contribution is -0.122. The van der Waals surface area contributed by atoms with Crippen LogP contribution in [0.3, 0.4) is 0 Å². The number of aliphatic hydroxyl groups is 1. The molecule has 0 saturated carbocycles. The third-order valence-electron chi connectivity index (χ3n) is 5.33. The van der Waals surface area contributed by atoms with Crippen LogP contribution in [0.1, 0.15) is 36.0 Å². The molecule has 0 aromatic heterocycles. The predicted molar refractivity (Wildman–Crippen MR) is 123 cm³/mol. The molecule has 1 aliphatic heterocycles. The summed E-state index contributed by atoms with van der Waals surface area (Å²) in [6.45, 7) is 2.91. The molecule has 0 radical (unpaired) electrons. The lowest BCUT2D eigenvalue weighted by atomic mass is 10.1. The van der Waals surface area contributed by atoms with E-state index in [9.17, 15) is 9.59 Å². The quantitative estimate of drug-likeness (QED) is 0.641. The van der Waals surface area contributed by atoms with Crippen LogP contribution in [0.25, 0.3) is 0 Å². The summed E-state index contributed by atoms with van der Waals surface area (Å²) in [5.74, 6) is 0.675. The Hall–Kier alpha value is -2.90. The second kappa shape index (κ2) is 12.8. The molecule has 0 unspecified atom stereocenters. The highest BCUT2D eigenvalue weighted by atomic mass is 16.5. The van der Waals surface area contributed by atoms with Gasteiger partial charge in [-0.2, -0.15) is 0 Å². The highest BCUT2D eigenvalue weighted by molar-refractivity contribution is 5.79. The van der Waals surface area contributed by atoms with E-state index in [0.29, 0.717) is 26.2 Å². The van der Waals surface area contributed by atoms with Crippen LogP contribution < -0.4 is 15.4 Å². The number of amides is 2. The van der Waals surface area contributed by atoms with Gasteiger partial charge in [-0.3, -0.25) is 14.5 Å². The minimum absolute atomic E-state index is 0.0159. The molecular formula is C25H33N3O4. The Labute approximate surface area is 189 Å². The van der Waals surface area contributed by atoms with Crippen LogP contribution in [-0.4, -0.2) is 54.7 Å². The first kappa shape index (κ1) is 23.8. The zero-order chi connectivity index (χ0) is 22.6. The Balaban J connectivity index is 1.83. The molecule has 0 atom stereocenters. The molecule has 7 heteroatoms. The smallest absolute Gasteiger partial charge is 0.234 e. The van der Waals surface area contributed by atoms with E-state index < -0.39 is 0 Å². The minimum Gasteiger partial charge on any atom is -0.493 e. The van der Waals surface area contributed by atoms with E-state index >= 15 is 0 Å². The number of nitrogens with one attached hydrogen (secondary N) is 2. The van der Waals surface area contributed by atoms with Crippen LogP contribution in [0.15, 0.2) is 48.5 Å². The fraction of sp³-hybridized carbons (Fsp3) is 0.440. The van der Waals surface area contributed by atoms with Gasteiger partial charge in [0.1, 0.15) is 5.75 Å². The number of ether oxygens (including phenoxy) is 1. The van der Waals surface area contributed by atoms with E-state index in [4.69, 9.17) is 9.84 Å². The normalized spacial score (nSPS) is 15.8. The molecule has 3 N–H and O–H groups in total. The number of carbonyl (C=O) groups is 2. The van der Waals surface area contributed by atoms with E-state index in [-0.39, 0.29) is 37.9 Å². The van der Waals surface area contributed by atoms with Gasteiger partial charge in [0.15, 0.2) is 0 Å². The van der Waals surface area contributed by atoms with Gasteiger partial charge < -0.3 is 20.5 Å². The Morgan fingerprint density at radius 2 is 1.91 bits per heavy atom. The van der Waals surface area contributed by atoms with Crippen LogP contribution >= 0.6 is 0 Å². The summed E-state index contributed by atoms with van der Waals surface area (Å²) < 4.78 is 6.09. The van der Waals surface area contributed by atoms with Crippen molar-refractivity contribution < 1.29 is 19.4 Å². The average Bonchev–Trinajstić information content (AvgIpc) is 2.79. The van der Waals surface area contributed by atoms with Gasteiger partial charge in [0.25, 0.3) is 0 Å². The van der Waals surface area contributed by atoms with Crippen molar-refractivity contribution in [1.29, 1.82) is 0 Å². The standard InChI is InChI=1S/C25H33N3O4/c29-13-12-27-24(30)16-21-9-10-23-22(15-21)18-28(17-20-7-3-1-4-8-20)19-25(31)26-11-5-2-6-14-32-23/h1,3-4,7-10,15,29H,2,5-6,11-14,16-19H2,(H,26,31)(H,27,30). The van der Waals surface area contributed by atoms with Gasteiger partial charge in [-0.25, -0.2) is 0 Å². The highest BCUT2D eigenvalue weighted by Gasteiger charge is 2.16. The van der Waals surface area contributed by atoms with Crippen molar-refractivity contribution in [2.45, 2.75) is 38.8 Å². The van der Waals surface area contributed by atoms with E-state index in [1.807, 2.05) is 36.4 Å². The van der Waals surface area contributed by atoms with Crippen molar-refractivity contribution >= 4 is 11.8 Å². The number of rotatable bonds is 6. The molecule has 32 heavy (non-hydrogen) atoms. The third-order valence-corrected chi connectivity index (χ3v) is 5.33. The topological polar surface area (TPSA) is 90.9 Å². The highest BCUT2D eigenvalue weighted by Crippen LogP contribution is 2.24. The van der Waals surface area contributed by atoms with Gasteiger partial charge in [0, 0.05) is 31.7 Å². The Bertz CT molecular complexity index is 873. The average molecular weight is 440 g/mol. The summed E-state index contributed by atoms with van der Waals surface area (Å²) in [5, 5.41) is 14.6. The summed E-state index contributed by atoms with van der Waals surface area (Å²) >= 11 is 0. The zero-order valence-corrected chi connectivity index (χ0v) is 18.5. The first-order valence-electron chi connectivity index (χ1n) is 11.3. The molecule has 0 fully saturated rings. The van der Waals surface area contributed by atoms with Crippen molar-refractivity contribution in [1.82, 2.24) is 15.5 Å². The van der Waals surface area contributed by atoms with Crippen molar-refractivity contribution in [3.8, 4) is 5.75 Å². The molecule has 0 bridgehead atoms. The van der Waals surface area contributed by atoms with E-state index in [2.05, 4.69) is 27.7 Å². The van der Waals surface area contributed by atoms with Crippen LogP contribution in [0, 0.1) is 0 Å². The number of benzene rings is 2. The van der Waals surface area contributed by atoms with E-state index in [1.165, 1.54) is 0 Å². The van der Waals surface area contributed by atoms with Crippen molar-refractivity contribution in [3.63, 3.8) is 0 Å². The molecule has 1 aliphatic rings. The maximum absolute atomic E-state index is 12.6. The molecular weight excluding hydrogens is 406 g/mol. The van der Waals surface area contributed by atoms with Gasteiger partial charge >= 0.3 is 0 Å². The molecule has 3 rings (SSSR count). The molecule has 2 amide bonds. The maximum atomic E-state index is 12.6. The molecule has 0 saturated heterocycles. The van der Waals surface area contributed by atoms with Crippen LogP contribution in [0.2, 0.25) is 0 Å². The summed E-state index contributed by atoms with van der Waals surface area (Å²) in [6.07, 6.45) is 3.08. The lowest BCUT2D eigenvalue weighted by Gasteiger charge is -2.23. The minimum atomic E-state index is -0.134. The first-order chi connectivity index (χ1) is 15.6. The van der Waals surface area contributed by atoms with Gasteiger partial charge in [-0.1, -0.05) is 42.5 Å². The van der Waals surface area contributed by atoms with E-state index in [1.54, 1.807) is 0 Å². The summed E-state index contributed by atoms with van der Waals surface area (Å²) in [6, 6.07) is 15.9. The van der Waals surface area contributed by atoms with Crippen molar-refractivity contribution in [3.05, 3.63) is 65.2 Å². The van der Waals surface area contributed by atoms with Gasteiger partial charge in [-0.15, -0.1) is 0 Å². The molecule has 0 spiro atoms. The fourth-order valence-electron chi connectivity index (χ4n) is 3.77. The second-order valence-electron chi connectivity index (χ2n) is 8.08. The Morgan fingerprint density at radius 1 is 1.06 bits per heavy atom. The number of nitrogens with zero attached hydrogens (tertiary/aromatic N) is 1. The van der Waals surface area contributed by atoms with Crippen molar-refractivity contribution in [2.75, 3.05) is 32.8 Å². The van der Waals surface area contributed by atoms with Crippen molar-refractivity contribution in [2.24, 2.45) is 0 Å². The maximum Gasteiger partial charge on any atom is 0.234 e. The number of carbonyl (C=O) groups excluding carboxylic acids is 2. The number of hydrogen-bond acceptors (Lipinski definition) is 5. The zero-order valence-electron chi connectivity index (χ0n) is 18.5. The molecule has 172 valence electrons.